The van der Waals surface area contributed by atoms with Gasteiger partial charge in [0.25, 0.3) is 5.91 Å². The first-order chi connectivity index (χ1) is 13.6. The molecule has 0 aromatic carbocycles. The highest BCUT2D eigenvalue weighted by molar-refractivity contribution is 8.00. The smallest absolute Gasteiger partial charge is 0.353 e. The molecule has 12 heteroatoms. The van der Waals surface area contributed by atoms with Gasteiger partial charge in [0.2, 0.25) is 5.91 Å². The quantitative estimate of drug-likeness (QED) is 0.503. The van der Waals surface area contributed by atoms with Crippen LogP contribution in [0.4, 0.5) is 0 Å². The lowest BCUT2D eigenvalue weighted by Gasteiger charge is -2.49. The monoisotopic (exact) mass is 435 g/mol. The van der Waals surface area contributed by atoms with Gasteiger partial charge in [-0.15, -0.1) is 45.1 Å². The van der Waals surface area contributed by atoms with Crippen LogP contribution in [0.25, 0.3) is 5.57 Å². The van der Waals surface area contributed by atoms with Crippen molar-refractivity contribution in [1.82, 2.24) is 25.4 Å². The first-order valence-electron chi connectivity index (χ1n) is 8.06. The topological polar surface area (TPSA) is 125 Å². The van der Waals surface area contributed by atoms with Gasteiger partial charge in [0.1, 0.15) is 27.6 Å². The molecule has 0 radical (unpaired) electrons. The van der Waals surface area contributed by atoms with Crippen molar-refractivity contribution in [3.05, 3.63) is 40.7 Å². The minimum Gasteiger partial charge on any atom is -0.477 e. The van der Waals surface area contributed by atoms with Crippen molar-refractivity contribution in [2.75, 3.05) is 11.5 Å². The van der Waals surface area contributed by atoms with Gasteiger partial charge >= 0.3 is 5.97 Å². The van der Waals surface area contributed by atoms with Gasteiger partial charge in [-0.25, -0.2) is 4.79 Å². The minimum atomic E-state index is -1.19. The van der Waals surface area contributed by atoms with Crippen LogP contribution in [-0.2, 0) is 14.4 Å². The van der Waals surface area contributed by atoms with Crippen LogP contribution >= 0.6 is 34.9 Å². The number of fused-ring (bicyclic) bond motifs is 1. The van der Waals surface area contributed by atoms with E-state index in [0.717, 1.165) is 4.90 Å². The van der Waals surface area contributed by atoms with E-state index in [4.69, 9.17) is 0 Å². The van der Waals surface area contributed by atoms with E-state index in [2.05, 4.69) is 20.5 Å². The van der Waals surface area contributed by atoms with Crippen LogP contribution in [0.15, 0.2) is 40.6 Å². The number of aromatic nitrogens is 3. The highest BCUT2D eigenvalue weighted by atomic mass is 32.2. The second kappa shape index (κ2) is 7.89. The molecule has 9 nitrogen and oxygen atoms in total. The molecular formula is C16H13N5O4S3. The number of nitrogens with one attached hydrogen (secondary N) is 1. The summed E-state index contributed by atoms with van der Waals surface area (Å²) < 4.78 is 0. The number of hydrogen-bond acceptors (Lipinski definition) is 9. The highest BCUT2D eigenvalue weighted by Crippen LogP contribution is 2.43. The Morgan fingerprint density at radius 3 is 2.82 bits per heavy atom. The van der Waals surface area contributed by atoms with Gasteiger partial charge in [-0.1, -0.05) is 0 Å². The van der Waals surface area contributed by atoms with E-state index in [0.29, 0.717) is 16.3 Å². The fourth-order valence-corrected chi connectivity index (χ4v) is 5.62. The molecule has 144 valence electrons. The summed E-state index contributed by atoms with van der Waals surface area (Å²) in [5, 5.41) is 20.0. The molecular weight excluding hydrogens is 422 g/mol. The number of β-lactam (4-membered cyclic amide) rings is 1. The Morgan fingerprint density at radius 1 is 1.36 bits per heavy atom. The third-order valence-corrected chi connectivity index (χ3v) is 7.17. The molecule has 2 aromatic heterocycles. The van der Waals surface area contributed by atoms with Crippen LogP contribution < -0.4 is 5.32 Å². The molecule has 0 aliphatic carbocycles. The first kappa shape index (κ1) is 18.9. The number of carboxylic acids is 1. The number of amides is 2. The molecule has 2 aliphatic heterocycles. The third kappa shape index (κ3) is 3.50. The molecule has 2 aliphatic rings. The number of carbonyl (C=O) groups excluding carboxylic acids is 2. The Labute approximate surface area is 171 Å². The maximum absolute atomic E-state index is 12.6. The number of nitrogens with zero attached hydrogens (tertiary/aromatic N) is 4. The molecule has 2 aromatic rings. The maximum atomic E-state index is 12.6. The van der Waals surface area contributed by atoms with E-state index in [1.54, 1.807) is 24.5 Å². The summed E-state index contributed by atoms with van der Waals surface area (Å²) in [7, 11) is 0. The molecule has 4 rings (SSSR count). The van der Waals surface area contributed by atoms with E-state index in [1.807, 2.05) is 0 Å². The number of rotatable bonds is 6. The van der Waals surface area contributed by atoms with Crippen molar-refractivity contribution in [1.29, 1.82) is 0 Å². The predicted octanol–water partition coefficient (Wildman–Crippen LogP) is 0.921. The summed E-state index contributed by atoms with van der Waals surface area (Å²) in [5.74, 6) is -1.37. The summed E-state index contributed by atoms with van der Waals surface area (Å²) in [6.45, 7) is 0. The number of hydrogen-bond donors (Lipinski definition) is 2. The zero-order chi connectivity index (χ0) is 19.7. The van der Waals surface area contributed by atoms with Crippen LogP contribution in [-0.4, -0.2) is 65.9 Å². The van der Waals surface area contributed by atoms with Gasteiger partial charge in [0.15, 0.2) is 0 Å². The van der Waals surface area contributed by atoms with Crippen molar-refractivity contribution >= 4 is 58.2 Å². The summed E-state index contributed by atoms with van der Waals surface area (Å²) in [6.07, 6.45) is 3.28. The van der Waals surface area contributed by atoms with Crippen molar-refractivity contribution in [3.8, 4) is 0 Å². The van der Waals surface area contributed by atoms with E-state index < -0.39 is 23.3 Å². The van der Waals surface area contributed by atoms with E-state index >= 15 is 0 Å². The molecule has 28 heavy (non-hydrogen) atoms. The number of carboxylic acid groups (broad SMARTS) is 1. The average molecular weight is 436 g/mol. The van der Waals surface area contributed by atoms with Gasteiger partial charge < -0.3 is 10.4 Å². The van der Waals surface area contributed by atoms with E-state index in [9.17, 15) is 19.5 Å². The SMILES string of the molecule is O=C(CSc1ccncc1)NC1C(=O)N2C(C(=O)O)=C(c3nncs3)CS[C@H]12. The first-order valence-corrected chi connectivity index (χ1v) is 11.0. The van der Waals surface area contributed by atoms with Crippen molar-refractivity contribution in [2.45, 2.75) is 16.3 Å². The molecule has 4 heterocycles. The molecule has 1 unspecified atom stereocenters. The summed E-state index contributed by atoms with van der Waals surface area (Å²) in [5.41, 5.74) is 1.91. The average Bonchev–Trinajstić information content (AvgIpc) is 3.24. The van der Waals surface area contributed by atoms with Crippen LogP contribution in [0.2, 0.25) is 0 Å². The number of thioether (sulfide) groups is 2. The predicted molar refractivity (Wildman–Crippen MR) is 104 cm³/mol. The molecule has 0 spiro atoms. The summed E-state index contributed by atoms with van der Waals surface area (Å²) >= 11 is 3.96. The van der Waals surface area contributed by atoms with Gasteiger partial charge in [-0.05, 0) is 12.1 Å². The van der Waals surface area contributed by atoms with E-state index in [-0.39, 0.29) is 17.4 Å². The Bertz CT molecular complexity index is 950. The Morgan fingerprint density at radius 2 is 2.14 bits per heavy atom. The lowest BCUT2D eigenvalue weighted by Crippen LogP contribution is -2.70. The van der Waals surface area contributed by atoms with Gasteiger partial charge in [0, 0.05) is 28.6 Å². The third-order valence-electron chi connectivity index (χ3n) is 4.13. The van der Waals surface area contributed by atoms with Gasteiger partial charge in [-0.2, -0.15) is 0 Å². The molecule has 0 saturated carbocycles. The number of pyridine rings is 1. The molecule has 2 amide bonds. The van der Waals surface area contributed by atoms with Crippen molar-refractivity contribution in [2.24, 2.45) is 0 Å². The number of carbonyl (C=O) groups is 3. The second-order valence-corrected chi connectivity index (χ2v) is 8.79. The fraction of sp³-hybridized carbons (Fsp3) is 0.250. The van der Waals surface area contributed by atoms with E-state index in [1.165, 1.54) is 45.3 Å². The molecule has 2 atom stereocenters. The molecule has 1 saturated heterocycles. The Balaban J connectivity index is 1.44. The van der Waals surface area contributed by atoms with Crippen LogP contribution in [0, 0.1) is 0 Å². The minimum absolute atomic E-state index is 0.0813. The summed E-state index contributed by atoms with van der Waals surface area (Å²) in [4.78, 5) is 42.7. The van der Waals surface area contributed by atoms with Gasteiger partial charge in [-0.3, -0.25) is 19.5 Å². The van der Waals surface area contributed by atoms with Crippen molar-refractivity contribution in [3.63, 3.8) is 0 Å². The molecule has 2 N–H and O–H groups in total. The maximum Gasteiger partial charge on any atom is 0.353 e. The fourth-order valence-electron chi connectivity index (χ4n) is 2.89. The molecule has 0 bridgehead atoms. The van der Waals surface area contributed by atoms with Crippen LogP contribution in [0.5, 0.6) is 0 Å². The zero-order valence-electron chi connectivity index (χ0n) is 14.1. The Kier molecular flexibility index (Phi) is 5.33. The van der Waals surface area contributed by atoms with Crippen LogP contribution in [0.1, 0.15) is 5.01 Å². The Hall–Kier alpha value is -2.44. The van der Waals surface area contributed by atoms with Crippen LogP contribution in [0.3, 0.4) is 0 Å². The largest absolute Gasteiger partial charge is 0.477 e. The zero-order valence-corrected chi connectivity index (χ0v) is 16.6. The summed E-state index contributed by atoms with van der Waals surface area (Å²) in [6, 6.07) is 2.86. The second-order valence-electron chi connectivity index (χ2n) is 5.80. The number of aliphatic carboxylic acids is 1. The lowest BCUT2D eigenvalue weighted by molar-refractivity contribution is -0.150. The highest BCUT2D eigenvalue weighted by Gasteiger charge is 2.54. The van der Waals surface area contributed by atoms with Crippen molar-refractivity contribution < 1.29 is 19.5 Å². The van der Waals surface area contributed by atoms with Gasteiger partial charge in [0.05, 0.1) is 5.75 Å². The standard InChI is InChI=1S/C16H13N5O4S3/c22-10(6-26-8-1-3-17-4-2-8)19-11-14(23)21-12(16(24)25)9(5-27-15(11)21)13-20-18-7-28-13/h1-4,7,11,15H,5-6H2,(H,19,22)(H,24,25)/t11?,15-/m1/s1. The lowest BCUT2D eigenvalue weighted by atomic mass is 10.0. The normalized spacial score (nSPS) is 21.1. The molecule has 1 fully saturated rings.